The van der Waals surface area contributed by atoms with Gasteiger partial charge < -0.3 is 10.1 Å². The number of nitrogens with one attached hydrogen (secondary N) is 1. The number of terminal acetylenes is 1. The molecule has 1 heterocycles. The van der Waals surface area contributed by atoms with Crippen molar-refractivity contribution >= 4 is 21.8 Å². The van der Waals surface area contributed by atoms with Crippen molar-refractivity contribution in [3.63, 3.8) is 0 Å². The van der Waals surface area contributed by atoms with Crippen molar-refractivity contribution in [3.05, 3.63) is 76.0 Å². The summed E-state index contributed by atoms with van der Waals surface area (Å²) >= 11 is 3.42. The van der Waals surface area contributed by atoms with E-state index in [1.165, 1.54) is 0 Å². The van der Waals surface area contributed by atoms with Crippen LogP contribution in [0.2, 0.25) is 0 Å². The Hall–Kier alpha value is -3.04. The molecule has 142 valence electrons. The molecule has 0 atom stereocenters. The van der Waals surface area contributed by atoms with Gasteiger partial charge in [0.1, 0.15) is 12.4 Å². The summed E-state index contributed by atoms with van der Waals surface area (Å²) in [5.74, 6) is 3.04. The molecule has 0 saturated carbocycles. The van der Waals surface area contributed by atoms with Gasteiger partial charge >= 0.3 is 0 Å². The monoisotopic (exact) mass is 437 g/mol. The molecule has 0 aliphatic rings. The molecule has 0 aliphatic carbocycles. The van der Waals surface area contributed by atoms with Gasteiger partial charge in [0.25, 0.3) is 5.91 Å². The summed E-state index contributed by atoms with van der Waals surface area (Å²) in [4.78, 5) is 12.5. The number of ether oxygens (including phenoxy) is 1. The van der Waals surface area contributed by atoms with Gasteiger partial charge in [-0.25, -0.2) is 4.68 Å². The highest BCUT2D eigenvalue weighted by atomic mass is 79.9. The van der Waals surface area contributed by atoms with E-state index in [4.69, 9.17) is 11.2 Å². The van der Waals surface area contributed by atoms with Gasteiger partial charge in [0.15, 0.2) is 0 Å². The van der Waals surface area contributed by atoms with Gasteiger partial charge in [0.2, 0.25) is 0 Å². The maximum absolute atomic E-state index is 12.5. The van der Waals surface area contributed by atoms with Crippen molar-refractivity contribution in [1.82, 2.24) is 15.1 Å². The van der Waals surface area contributed by atoms with E-state index in [-0.39, 0.29) is 12.5 Å². The van der Waals surface area contributed by atoms with Crippen LogP contribution in [0.5, 0.6) is 5.75 Å². The lowest BCUT2D eigenvalue weighted by molar-refractivity contribution is 0.0953. The van der Waals surface area contributed by atoms with E-state index in [0.29, 0.717) is 12.1 Å². The van der Waals surface area contributed by atoms with Gasteiger partial charge in [-0.3, -0.25) is 4.79 Å². The third kappa shape index (κ3) is 4.81. The first kappa shape index (κ1) is 19.7. The number of amides is 1. The molecular weight excluding hydrogens is 418 g/mol. The van der Waals surface area contributed by atoms with Gasteiger partial charge in [-0.05, 0) is 55.3 Å². The quantitative estimate of drug-likeness (QED) is 0.569. The third-order valence-electron chi connectivity index (χ3n) is 4.27. The van der Waals surface area contributed by atoms with E-state index in [1.54, 1.807) is 10.9 Å². The first-order valence-electron chi connectivity index (χ1n) is 8.82. The van der Waals surface area contributed by atoms with Gasteiger partial charge in [-0.2, -0.15) is 5.10 Å². The molecule has 0 spiro atoms. The summed E-state index contributed by atoms with van der Waals surface area (Å²) in [5, 5.41) is 7.30. The van der Waals surface area contributed by atoms with E-state index in [9.17, 15) is 4.79 Å². The van der Waals surface area contributed by atoms with Crippen LogP contribution in [0.25, 0.3) is 5.69 Å². The van der Waals surface area contributed by atoms with Gasteiger partial charge in [0.05, 0.1) is 23.1 Å². The number of nitrogens with zero attached hydrogens (tertiary/aromatic N) is 2. The average Bonchev–Trinajstić information content (AvgIpc) is 3.09. The number of aromatic nitrogens is 2. The Morgan fingerprint density at radius 1 is 1.21 bits per heavy atom. The van der Waals surface area contributed by atoms with Crippen molar-refractivity contribution in [2.24, 2.45) is 0 Å². The summed E-state index contributed by atoms with van der Waals surface area (Å²) in [7, 11) is 0. The van der Waals surface area contributed by atoms with Crippen molar-refractivity contribution in [2.45, 2.75) is 13.3 Å². The minimum absolute atomic E-state index is 0.130. The Bertz CT molecular complexity index is 986. The fourth-order valence-electron chi connectivity index (χ4n) is 2.77. The molecule has 0 radical (unpaired) electrons. The van der Waals surface area contributed by atoms with E-state index in [0.717, 1.165) is 33.6 Å². The maximum Gasteiger partial charge on any atom is 0.254 e. The zero-order valence-corrected chi connectivity index (χ0v) is 17.1. The molecule has 6 heteroatoms. The molecule has 0 fully saturated rings. The summed E-state index contributed by atoms with van der Waals surface area (Å²) in [5.41, 5.74) is 3.39. The minimum Gasteiger partial charge on any atom is -0.481 e. The lowest BCUT2D eigenvalue weighted by Crippen LogP contribution is -2.26. The predicted molar refractivity (Wildman–Crippen MR) is 113 cm³/mol. The van der Waals surface area contributed by atoms with Crippen LogP contribution in [0, 0.1) is 19.3 Å². The molecule has 2 aromatic carbocycles. The van der Waals surface area contributed by atoms with Gasteiger partial charge in [-0.15, -0.1) is 6.42 Å². The molecule has 1 aromatic heterocycles. The van der Waals surface area contributed by atoms with Gasteiger partial charge in [0, 0.05) is 11.0 Å². The van der Waals surface area contributed by atoms with E-state index < -0.39 is 0 Å². The zero-order valence-electron chi connectivity index (χ0n) is 15.5. The Balaban J connectivity index is 1.57. The number of hydrogen-bond acceptors (Lipinski definition) is 3. The van der Waals surface area contributed by atoms with E-state index >= 15 is 0 Å². The van der Waals surface area contributed by atoms with Crippen LogP contribution >= 0.6 is 15.9 Å². The average molecular weight is 438 g/mol. The summed E-state index contributed by atoms with van der Waals surface area (Å²) < 4.78 is 8.11. The number of halogens is 1. The van der Waals surface area contributed by atoms with Gasteiger partial charge in [-0.1, -0.05) is 34.0 Å². The molecule has 3 aromatic rings. The summed E-state index contributed by atoms with van der Waals surface area (Å²) in [6.07, 6.45) is 7.50. The van der Waals surface area contributed by atoms with Crippen LogP contribution in [-0.4, -0.2) is 28.8 Å². The molecule has 1 N–H and O–H groups in total. The Morgan fingerprint density at radius 3 is 2.61 bits per heavy atom. The SMILES string of the molecule is C#CCOc1ccc(CCNC(=O)c2cnn(-c3ccc(Br)cc3)c2C)cc1. The van der Waals surface area contributed by atoms with Crippen LogP contribution in [0.15, 0.2) is 59.2 Å². The molecule has 0 aliphatic heterocycles. The maximum atomic E-state index is 12.5. The number of hydrogen-bond donors (Lipinski definition) is 1. The van der Waals surface area contributed by atoms with E-state index in [1.807, 2.05) is 55.5 Å². The highest BCUT2D eigenvalue weighted by Gasteiger charge is 2.14. The number of carbonyl (C=O) groups is 1. The first-order valence-corrected chi connectivity index (χ1v) is 9.62. The Morgan fingerprint density at radius 2 is 1.93 bits per heavy atom. The lowest BCUT2D eigenvalue weighted by atomic mass is 10.1. The van der Waals surface area contributed by atoms with Crippen molar-refractivity contribution in [1.29, 1.82) is 0 Å². The van der Waals surface area contributed by atoms with Crippen molar-refractivity contribution in [2.75, 3.05) is 13.2 Å². The lowest BCUT2D eigenvalue weighted by Gasteiger charge is -2.08. The number of carbonyl (C=O) groups excluding carboxylic acids is 1. The largest absolute Gasteiger partial charge is 0.481 e. The molecule has 0 saturated heterocycles. The Kier molecular flexibility index (Phi) is 6.51. The minimum atomic E-state index is -0.130. The normalized spacial score (nSPS) is 10.3. The van der Waals surface area contributed by atoms with Crippen LogP contribution in [0.1, 0.15) is 21.6 Å². The first-order chi connectivity index (χ1) is 13.6. The van der Waals surface area contributed by atoms with E-state index in [2.05, 4.69) is 32.3 Å². The molecular formula is C22H20BrN3O2. The highest BCUT2D eigenvalue weighted by Crippen LogP contribution is 2.17. The second-order valence-corrected chi connectivity index (χ2v) is 7.09. The smallest absolute Gasteiger partial charge is 0.254 e. The topological polar surface area (TPSA) is 56.1 Å². The van der Waals surface area contributed by atoms with Crippen molar-refractivity contribution < 1.29 is 9.53 Å². The second-order valence-electron chi connectivity index (χ2n) is 6.17. The predicted octanol–water partition coefficient (Wildman–Crippen LogP) is 3.93. The molecule has 1 amide bonds. The fourth-order valence-corrected chi connectivity index (χ4v) is 3.03. The van der Waals surface area contributed by atoms with Crippen LogP contribution in [0.4, 0.5) is 0 Å². The molecule has 0 bridgehead atoms. The summed E-state index contributed by atoms with van der Waals surface area (Å²) in [6.45, 7) is 2.67. The summed E-state index contributed by atoms with van der Waals surface area (Å²) in [6, 6.07) is 15.5. The molecule has 5 nitrogen and oxygen atoms in total. The van der Waals surface area contributed by atoms with Crippen molar-refractivity contribution in [3.8, 4) is 23.8 Å². The molecule has 28 heavy (non-hydrogen) atoms. The van der Waals surface area contributed by atoms with Crippen LogP contribution in [-0.2, 0) is 6.42 Å². The van der Waals surface area contributed by atoms with Crippen LogP contribution < -0.4 is 10.1 Å². The molecule has 3 rings (SSSR count). The molecule has 0 unspecified atom stereocenters. The number of rotatable bonds is 7. The van der Waals surface area contributed by atoms with Crippen LogP contribution in [0.3, 0.4) is 0 Å². The highest BCUT2D eigenvalue weighted by molar-refractivity contribution is 9.10. The zero-order chi connectivity index (χ0) is 19.9. The Labute approximate surface area is 172 Å². The third-order valence-corrected chi connectivity index (χ3v) is 4.80. The number of benzene rings is 2. The standard InChI is InChI=1S/C22H20BrN3O2/c1-3-14-28-20-10-4-17(5-11-20)12-13-24-22(27)21-15-25-26(16(21)2)19-8-6-18(23)7-9-19/h1,4-11,15H,12-14H2,2H3,(H,24,27). The second kappa shape index (κ2) is 9.25. The fraction of sp³-hybridized carbons (Fsp3) is 0.182.